The van der Waals surface area contributed by atoms with Crippen LogP contribution in [0.1, 0.15) is 11.9 Å². The van der Waals surface area contributed by atoms with Crippen LogP contribution in [-0.4, -0.2) is 28.4 Å². The first-order valence-electron chi connectivity index (χ1n) is 7.37. The Morgan fingerprint density at radius 3 is 2.38 bits per heavy atom. The maximum absolute atomic E-state index is 12.5. The molecule has 1 N–H and O–H groups in total. The molecule has 2 aliphatic heterocycles. The van der Waals surface area contributed by atoms with Crippen LogP contribution in [0.4, 0.5) is 5.69 Å². The fraction of sp³-hybridized carbons (Fsp3) is 0.250. The summed E-state index contributed by atoms with van der Waals surface area (Å²) in [4.78, 5) is 0.110. The molecular weight excluding hydrogens is 334 g/mol. The van der Waals surface area contributed by atoms with Crippen LogP contribution >= 0.6 is 0 Å². The maximum Gasteiger partial charge on any atom is 0.262 e. The van der Waals surface area contributed by atoms with Crippen LogP contribution in [0.25, 0.3) is 0 Å². The van der Waals surface area contributed by atoms with Gasteiger partial charge in [0.1, 0.15) is 0 Å². The number of nitrogens with one attached hydrogen (secondary N) is 1. The molecule has 4 rings (SSSR count). The molecule has 126 valence electrons. The van der Waals surface area contributed by atoms with Gasteiger partial charge < -0.3 is 18.9 Å². The number of fused-ring (bicyclic) bond motifs is 1. The van der Waals surface area contributed by atoms with Gasteiger partial charge in [-0.1, -0.05) is 12.1 Å². The van der Waals surface area contributed by atoms with Crippen molar-refractivity contribution in [2.75, 3.05) is 24.7 Å². The second-order valence-electron chi connectivity index (χ2n) is 5.32. The second kappa shape index (κ2) is 5.97. The molecule has 0 unspecified atom stereocenters. The van der Waals surface area contributed by atoms with Crippen LogP contribution < -0.4 is 14.2 Å². The average molecular weight is 349 g/mol. The Bertz CT molecular complexity index is 843. The molecule has 7 nitrogen and oxygen atoms in total. The zero-order valence-corrected chi connectivity index (χ0v) is 13.4. The van der Waals surface area contributed by atoms with E-state index in [-0.39, 0.29) is 18.0 Å². The molecule has 0 radical (unpaired) electrons. The summed E-state index contributed by atoms with van der Waals surface area (Å²) in [6, 6.07) is 11.4. The first kappa shape index (κ1) is 15.3. The third-order valence-electron chi connectivity index (χ3n) is 3.71. The van der Waals surface area contributed by atoms with E-state index in [0.29, 0.717) is 30.4 Å². The Hall–Kier alpha value is -2.29. The Morgan fingerprint density at radius 2 is 1.62 bits per heavy atom. The van der Waals surface area contributed by atoms with Crippen LogP contribution in [0.15, 0.2) is 47.4 Å². The van der Waals surface area contributed by atoms with Crippen molar-refractivity contribution in [1.29, 1.82) is 0 Å². The summed E-state index contributed by atoms with van der Waals surface area (Å²) in [7, 11) is -3.71. The van der Waals surface area contributed by atoms with Crippen LogP contribution in [0.5, 0.6) is 11.5 Å². The van der Waals surface area contributed by atoms with E-state index in [1.807, 2.05) is 0 Å². The van der Waals surface area contributed by atoms with Gasteiger partial charge >= 0.3 is 0 Å². The number of sulfonamides is 1. The minimum absolute atomic E-state index is 0.0963. The average Bonchev–Trinajstić information content (AvgIpc) is 3.26. The first-order valence-corrected chi connectivity index (χ1v) is 8.86. The summed E-state index contributed by atoms with van der Waals surface area (Å²) in [6.07, 6.45) is -0.385. The minimum Gasteiger partial charge on any atom is -0.454 e. The minimum atomic E-state index is -3.71. The summed E-state index contributed by atoms with van der Waals surface area (Å²) < 4.78 is 48.7. The Balaban J connectivity index is 1.53. The Labute approximate surface area is 139 Å². The van der Waals surface area contributed by atoms with Crippen molar-refractivity contribution >= 4 is 15.7 Å². The first-order chi connectivity index (χ1) is 11.6. The zero-order valence-electron chi connectivity index (χ0n) is 12.6. The molecule has 0 aromatic heterocycles. The topological polar surface area (TPSA) is 83.1 Å². The van der Waals surface area contributed by atoms with Crippen LogP contribution in [0.2, 0.25) is 0 Å². The molecule has 2 aromatic rings. The summed E-state index contributed by atoms with van der Waals surface area (Å²) in [5.74, 6) is 0.957. The van der Waals surface area contributed by atoms with Gasteiger partial charge in [0.25, 0.3) is 10.0 Å². The third-order valence-corrected chi connectivity index (χ3v) is 5.09. The van der Waals surface area contributed by atoms with Crippen molar-refractivity contribution in [3.8, 4) is 11.5 Å². The van der Waals surface area contributed by atoms with Crippen molar-refractivity contribution in [3.63, 3.8) is 0 Å². The normalized spacial score (nSPS) is 17.2. The van der Waals surface area contributed by atoms with E-state index in [9.17, 15) is 8.42 Å². The largest absolute Gasteiger partial charge is 0.454 e. The van der Waals surface area contributed by atoms with E-state index in [2.05, 4.69) is 4.72 Å². The molecule has 0 atom stereocenters. The lowest BCUT2D eigenvalue weighted by Gasteiger charge is -2.12. The summed E-state index contributed by atoms with van der Waals surface area (Å²) in [5.41, 5.74) is 1.30. The zero-order chi connectivity index (χ0) is 16.6. The molecule has 0 saturated carbocycles. The monoisotopic (exact) mass is 349 g/mol. The molecule has 1 saturated heterocycles. The molecule has 0 amide bonds. The van der Waals surface area contributed by atoms with E-state index in [0.717, 1.165) is 5.56 Å². The quantitative estimate of drug-likeness (QED) is 0.912. The van der Waals surface area contributed by atoms with Gasteiger partial charge in [-0.2, -0.15) is 0 Å². The summed E-state index contributed by atoms with van der Waals surface area (Å²) >= 11 is 0. The van der Waals surface area contributed by atoms with Gasteiger partial charge in [-0.3, -0.25) is 4.72 Å². The molecule has 0 aliphatic carbocycles. The molecule has 0 spiro atoms. The van der Waals surface area contributed by atoms with Gasteiger partial charge in [0, 0.05) is 17.3 Å². The van der Waals surface area contributed by atoms with E-state index >= 15 is 0 Å². The molecule has 8 heteroatoms. The molecule has 2 aromatic carbocycles. The Morgan fingerprint density at radius 1 is 0.917 bits per heavy atom. The number of hydrogen-bond acceptors (Lipinski definition) is 6. The highest BCUT2D eigenvalue weighted by atomic mass is 32.2. The van der Waals surface area contributed by atoms with Crippen molar-refractivity contribution in [3.05, 3.63) is 48.0 Å². The molecule has 2 aliphatic rings. The van der Waals surface area contributed by atoms with E-state index in [4.69, 9.17) is 18.9 Å². The lowest BCUT2D eigenvalue weighted by Crippen LogP contribution is -2.13. The maximum atomic E-state index is 12.5. The number of ether oxygens (including phenoxy) is 4. The smallest absolute Gasteiger partial charge is 0.262 e. The Kier molecular flexibility index (Phi) is 3.79. The van der Waals surface area contributed by atoms with E-state index in [1.165, 1.54) is 12.1 Å². The highest BCUT2D eigenvalue weighted by molar-refractivity contribution is 7.92. The van der Waals surface area contributed by atoms with Crippen LogP contribution in [0.3, 0.4) is 0 Å². The fourth-order valence-electron chi connectivity index (χ4n) is 2.52. The number of anilines is 1. The standard InChI is InChI=1S/C16H15NO6S/c18-24(19,13-5-6-14-15(9-13)23-10-22-14)17-12-3-1-11(2-4-12)16-20-7-8-21-16/h1-6,9,16-17H,7-8,10H2. The molecule has 24 heavy (non-hydrogen) atoms. The number of hydrogen-bond donors (Lipinski definition) is 1. The highest BCUT2D eigenvalue weighted by Crippen LogP contribution is 2.34. The summed E-state index contributed by atoms with van der Waals surface area (Å²) in [6.45, 7) is 1.21. The van der Waals surface area contributed by atoms with Gasteiger partial charge in [0.15, 0.2) is 17.8 Å². The van der Waals surface area contributed by atoms with Crippen molar-refractivity contribution in [1.82, 2.24) is 0 Å². The van der Waals surface area contributed by atoms with E-state index < -0.39 is 10.0 Å². The molecule has 2 heterocycles. The fourth-order valence-corrected chi connectivity index (χ4v) is 3.59. The van der Waals surface area contributed by atoms with Gasteiger partial charge in [-0.25, -0.2) is 8.42 Å². The predicted molar refractivity (Wildman–Crippen MR) is 84.5 cm³/mol. The van der Waals surface area contributed by atoms with Crippen LogP contribution in [-0.2, 0) is 19.5 Å². The summed E-state index contributed by atoms with van der Waals surface area (Å²) in [5, 5.41) is 0. The van der Waals surface area contributed by atoms with Gasteiger partial charge in [-0.05, 0) is 24.3 Å². The SMILES string of the molecule is O=S(=O)(Nc1ccc(C2OCCO2)cc1)c1ccc2c(c1)OCO2. The van der Waals surface area contributed by atoms with E-state index in [1.54, 1.807) is 30.3 Å². The predicted octanol–water partition coefficient (Wildman–Crippen LogP) is 2.26. The molecular formula is C16H15NO6S. The van der Waals surface area contributed by atoms with Gasteiger partial charge in [0.2, 0.25) is 6.79 Å². The third kappa shape index (κ3) is 2.91. The number of benzene rings is 2. The van der Waals surface area contributed by atoms with Crippen molar-refractivity contribution in [2.24, 2.45) is 0 Å². The van der Waals surface area contributed by atoms with Crippen LogP contribution in [0, 0.1) is 0 Å². The van der Waals surface area contributed by atoms with Gasteiger partial charge in [-0.15, -0.1) is 0 Å². The molecule has 0 bridgehead atoms. The number of rotatable bonds is 4. The second-order valence-corrected chi connectivity index (χ2v) is 7.00. The van der Waals surface area contributed by atoms with Crippen molar-refractivity contribution < 1.29 is 27.4 Å². The van der Waals surface area contributed by atoms with Crippen molar-refractivity contribution in [2.45, 2.75) is 11.2 Å². The highest BCUT2D eigenvalue weighted by Gasteiger charge is 2.21. The lowest BCUT2D eigenvalue weighted by molar-refractivity contribution is -0.0441. The molecule has 1 fully saturated rings. The lowest BCUT2D eigenvalue weighted by atomic mass is 10.2. The van der Waals surface area contributed by atoms with Gasteiger partial charge in [0.05, 0.1) is 18.1 Å².